The highest BCUT2D eigenvalue weighted by atomic mass is 16.6. The number of carbonyl (C=O) groups excluding carboxylic acids is 1. The molecule has 0 aromatic rings. The number of ether oxygens (including phenoxy) is 4. The molecule has 2 unspecified atom stereocenters. The maximum atomic E-state index is 12.1. The van der Waals surface area contributed by atoms with E-state index in [0.29, 0.717) is 32.9 Å². The number of likely N-dealkylation sites (tertiary alicyclic amines) is 1. The highest BCUT2D eigenvalue weighted by molar-refractivity contribution is 5.68. The Morgan fingerprint density at radius 3 is 2.55 bits per heavy atom. The molecule has 0 aliphatic carbocycles. The van der Waals surface area contributed by atoms with E-state index in [-0.39, 0.29) is 35.9 Å². The lowest BCUT2D eigenvalue weighted by atomic mass is 9.90. The minimum Gasteiger partial charge on any atom is -0.444 e. The monoisotopic (exact) mass is 412 g/mol. The average Bonchev–Trinajstić information content (AvgIpc) is 2.66. The standard InChI is InChI=1S/C22H40N2O5/c1-16-7-10-22(6,14-27-16)15-28-17(2)19(23)13-26-18-8-11-24(12-9-18)20(25)29-21(3,4)5/h7,10,16-19H,8-9,11-15,23H2,1-6H3/t16?,17-,19-,22?/m1/s1. The van der Waals surface area contributed by atoms with Crippen LogP contribution in [0.25, 0.3) is 0 Å². The lowest BCUT2D eigenvalue weighted by molar-refractivity contribution is -0.0599. The zero-order valence-electron chi connectivity index (χ0n) is 19.0. The Hall–Kier alpha value is -1.15. The maximum Gasteiger partial charge on any atom is 0.410 e. The third-order valence-corrected chi connectivity index (χ3v) is 5.34. The highest BCUT2D eigenvalue weighted by Gasteiger charge is 2.29. The minimum atomic E-state index is -0.470. The molecular formula is C22H40N2O5. The van der Waals surface area contributed by atoms with Crippen LogP contribution in [0.15, 0.2) is 12.2 Å². The van der Waals surface area contributed by atoms with E-state index in [9.17, 15) is 4.79 Å². The number of carbonyl (C=O) groups is 1. The molecule has 2 aliphatic heterocycles. The van der Waals surface area contributed by atoms with Gasteiger partial charge < -0.3 is 29.6 Å². The first-order valence-electron chi connectivity index (χ1n) is 10.8. The van der Waals surface area contributed by atoms with Gasteiger partial charge in [0.25, 0.3) is 0 Å². The van der Waals surface area contributed by atoms with Crippen LogP contribution in [0.5, 0.6) is 0 Å². The number of hydrogen-bond acceptors (Lipinski definition) is 6. The molecule has 7 heteroatoms. The van der Waals surface area contributed by atoms with E-state index in [0.717, 1.165) is 12.8 Å². The second-order valence-corrected chi connectivity index (χ2v) is 9.71. The summed E-state index contributed by atoms with van der Waals surface area (Å²) in [7, 11) is 0. The van der Waals surface area contributed by atoms with Gasteiger partial charge in [-0.15, -0.1) is 0 Å². The molecule has 0 bridgehead atoms. The first-order chi connectivity index (χ1) is 13.5. The topological polar surface area (TPSA) is 83.3 Å². The fourth-order valence-electron chi connectivity index (χ4n) is 3.24. The molecule has 2 N–H and O–H groups in total. The third-order valence-electron chi connectivity index (χ3n) is 5.34. The molecule has 7 nitrogen and oxygen atoms in total. The Bertz CT molecular complexity index is 554. The molecule has 29 heavy (non-hydrogen) atoms. The van der Waals surface area contributed by atoms with Crippen molar-refractivity contribution in [2.45, 2.75) is 84.3 Å². The molecule has 2 aliphatic rings. The molecule has 2 heterocycles. The number of amides is 1. The van der Waals surface area contributed by atoms with Crippen LogP contribution < -0.4 is 5.73 Å². The predicted octanol–water partition coefficient (Wildman–Crippen LogP) is 3.12. The summed E-state index contributed by atoms with van der Waals surface area (Å²) in [5, 5.41) is 0. The summed E-state index contributed by atoms with van der Waals surface area (Å²) >= 11 is 0. The number of nitrogens with zero attached hydrogens (tertiary/aromatic N) is 1. The summed E-state index contributed by atoms with van der Waals surface area (Å²) in [6, 6.07) is -0.199. The van der Waals surface area contributed by atoms with Gasteiger partial charge >= 0.3 is 6.09 Å². The molecule has 1 amide bonds. The van der Waals surface area contributed by atoms with Gasteiger partial charge in [-0.05, 0) is 47.5 Å². The normalized spacial score (nSPS) is 28.2. The predicted molar refractivity (Wildman–Crippen MR) is 113 cm³/mol. The van der Waals surface area contributed by atoms with Crippen LogP contribution in [0.4, 0.5) is 4.79 Å². The van der Waals surface area contributed by atoms with Crippen molar-refractivity contribution in [1.82, 2.24) is 4.90 Å². The third kappa shape index (κ3) is 8.24. The number of rotatable bonds is 7. The van der Waals surface area contributed by atoms with Gasteiger partial charge in [-0.2, -0.15) is 0 Å². The Labute approximate surface area is 175 Å². The lowest BCUT2D eigenvalue weighted by Gasteiger charge is -2.35. The minimum absolute atomic E-state index is 0.110. The van der Waals surface area contributed by atoms with Crippen molar-refractivity contribution in [3.05, 3.63) is 12.2 Å². The van der Waals surface area contributed by atoms with E-state index in [1.54, 1.807) is 4.90 Å². The molecular weight excluding hydrogens is 372 g/mol. The fourth-order valence-corrected chi connectivity index (χ4v) is 3.24. The van der Waals surface area contributed by atoms with Crippen molar-refractivity contribution in [3.63, 3.8) is 0 Å². The van der Waals surface area contributed by atoms with Crippen molar-refractivity contribution < 1.29 is 23.7 Å². The van der Waals surface area contributed by atoms with Crippen molar-refractivity contribution in [1.29, 1.82) is 0 Å². The summed E-state index contributed by atoms with van der Waals surface area (Å²) in [6.45, 7) is 14.7. The van der Waals surface area contributed by atoms with Gasteiger partial charge in [-0.25, -0.2) is 4.79 Å². The summed E-state index contributed by atoms with van der Waals surface area (Å²) in [5.41, 5.74) is 5.69. The van der Waals surface area contributed by atoms with Crippen LogP contribution in [0.2, 0.25) is 0 Å². The van der Waals surface area contributed by atoms with E-state index >= 15 is 0 Å². The summed E-state index contributed by atoms with van der Waals surface area (Å²) in [6.07, 6.45) is 5.75. The maximum absolute atomic E-state index is 12.1. The first kappa shape index (κ1) is 24.1. The zero-order chi connectivity index (χ0) is 21.7. The van der Waals surface area contributed by atoms with Crippen LogP contribution in [0.3, 0.4) is 0 Å². The zero-order valence-corrected chi connectivity index (χ0v) is 19.0. The van der Waals surface area contributed by atoms with Gasteiger partial charge in [0.1, 0.15) is 5.60 Å². The van der Waals surface area contributed by atoms with Gasteiger partial charge in [0, 0.05) is 18.5 Å². The molecule has 0 aromatic heterocycles. The van der Waals surface area contributed by atoms with E-state index in [2.05, 4.69) is 19.1 Å². The van der Waals surface area contributed by atoms with Gasteiger partial charge in [0.2, 0.25) is 0 Å². The SMILES string of the molecule is CC1C=CC(C)(CO[C@H](C)[C@H](N)COC2CCN(C(=O)OC(C)(C)C)CC2)CO1. The Balaban J connectivity index is 1.66. The number of hydrogen-bond donors (Lipinski definition) is 1. The van der Waals surface area contributed by atoms with Crippen LogP contribution in [0, 0.1) is 5.41 Å². The molecule has 0 spiro atoms. The van der Waals surface area contributed by atoms with Gasteiger partial charge in [-0.3, -0.25) is 0 Å². The second kappa shape index (κ2) is 10.2. The Morgan fingerprint density at radius 2 is 2.00 bits per heavy atom. The van der Waals surface area contributed by atoms with Crippen LogP contribution >= 0.6 is 0 Å². The highest BCUT2D eigenvalue weighted by Crippen LogP contribution is 2.25. The Morgan fingerprint density at radius 1 is 1.34 bits per heavy atom. The quantitative estimate of drug-likeness (QED) is 0.647. The summed E-state index contributed by atoms with van der Waals surface area (Å²) < 4.78 is 23.1. The van der Waals surface area contributed by atoms with Crippen LogP contribution in [-0.2, 0) is 18.9 Å². The van der Waals surface area contributed by atoms with Crippen molar-refractivity contribution in [3.8, 4) is 0 Å². The Kier molecular flexibility index (Phi) is 8.52. The summed E-state index contributed by atoms with van der Waals surface area (Å²) in [5.74, 6) is 0. The first-order valence-corrected chi connectivity index (χ1v) is 10.8. The van der Waals surface area contributed by atoms with E-state index < -0.39 is 5.60 Å². The van der Waals surface area contributed by atoms with Crippen molar-refractivity contribution >= 4 is 6.09 Å². The summed E-state index contributed by atoms with van der Waals surface area (Å²) in [4.78, 5) is 13.9. The molecule has 0 radical (unpaired) electrons. The second-order valence-electron chi connectivity index (χ2n) is 9.71. The molecule has 0 aromatic carbocycles. The number of nitrogens with two attached hydrogens (primary N) is 1. The average molecular weight is 413 g/mol. The molecule has 4 atom stereocenters. The number of piperidine rings is 1. The molecule has 168 valence electrons. The molecule has 1 fully saturated rings. The fraction of sp³-hybridized carbons (Fsp3) is 0.864. The molecule has 1 saturated heterocycles. The van der Waals surface area contributed by atoms with Gasteiger partial charge in [-0.1, -0.05) is 19.1 Å². The molecule has 2 rings (SSSR count). The van der Waals surface area contributed by atoms with E-state index in [4.69, 9.17) is 24.7 Å². The van der Waals surface area contributed by atoms with Gasteiger partial charge in [0.15, 0.2) is 0 Å². The van der Waals surface area contributed by atoms with Gasteiger partial charge in [0.05, 0.1) is 44.2 Å². The van der Waals surface area contributed by atoms with Crippen molar-refractivity contribution in [2.75, 3.05) is 32.9 Å². The van der Waals surface area contributed by atoms with E-state index in [1.165, 1.54) is 0 Å². The van der Waals surface area contributed by atoms with Crippen molar-refractivity contribution in [2.24, 2.45) is 11.1 Å². The van der Waals surface area contributed by atoms with E-state index in [1.807, 2.05) is 34.6 Å². The smallest absolute Gasteiger partial charge is 0.410 e. The lowest BCUT2D eigenvalue weighted by Crippen LogP contribution is -2.45. The van der Waals surface area contributed by atoms with Crippen LogP contribution in [-0.4, -0.2) is 73.9 Å². The largest absolute Gasteiger partial charge is 0.444 e. The molecule has 0 saturated carbocycles. The van der Waals surface area contributed by atoms with Crippen LogP contribution in [0.1, 0.15) is 54.4 Å².